The van der Waals surface area contributed by atoms with Crippen molar-refractivity contribution in [2.45, 2.75) is 12.6 Å². The Bertz CT molecular complexity index is 318. The third kappa shape index (κ3) is 3.00. The molecule has 0 bridgehead atoms. The van der Waals surface area contributed by atoms with Gasteiger partial charge < -0.3 is 0 Å². The minimum Gasteiger partial charge on any atom is -0.293 e. The lowest BCUT2D eigenvalue weighted by molar-refractivity contribution is -0.125. The highest BCUT2D eigenvalue weighted by atomic mass is 35.5. The third-order valence-electron chi connectivity index (χ3n) is 1.23. The maximum Gasteiger partial charge on any atom is 0.396 e. The Labute approximate surface area is 81.1 Å². The molecule has 0 spiro atoms. The molecule has 6 heteroatoms. The van der Waals surface area contributed by atoms with Gasteiger partial charge in [-0.3, -0.25) is 4.79 Å². The standard InChI is InChI=1S/C7H4ClF3OS/c8-4-1-2-13-6(4)5(12)3-7(9,10)11/h1-2H,3H2. The van der Waals surface area contributed by atoms with Gasteiger partial charge in [-0.05, 0) is 11.4 Å². The molecular formula is C7H4ClF3OS. The molecule has 0 aromatic carbocycles. The first-order valence-electron chi connectivity index (χ1n) is 3.23. The van der Waals surface area contributed by atoms with E-state index in [-0.39, 0.29) is 9.90 Å². The molecule has 1 heterocycles. The zero-order valence-corrected chi connectivity index (χ0v) is 7.76. The summed E-state index contributed by atoms with van der Waals surface area (Å²) in [5.74, 6) is -0.979. The molecule has 0 saturated heterocycles. The Morgan fingerprint density at radius 2 is 2.15 bits per heavy atom. The minimum atomic E-state index is -4.47. The van der Waals surface area contributed by atoms with Gasteiger partial charge in [0.15, 0.2) is 5.78 Å². The van der Waals surface area contributed by atoms with Gasteiger partial charge in [0.2, 0.25) is 0 Å². The van der Waals surface area contributed by atoms with Crippen LogP contribution in [0.3, 0.4) is 0 Å². The van der Waals surface area contributed by atoms with E-state index in [1.54, 1.807) is 0 Å². The quantitative estimate of drug-likeness (QED) is 0.708. The van der Waals surface area contributed by atoms with E-state index in [4.69, 9.17) is 11.6 Å². The van der Waals surface area contributed by atoms with Crippen molar-refractivity contribution in [1.82, 2.24) is 0 Å². The number of hydrogen-bond donors (Lipinski definition) is 0. The molecule has 0 aliphatic carbocycles. The van der Waals surface area contributed by atoms with E-state index in [0.717, 1.165) is 11.3 Å². The average Bonchev–Trinajstić information content (AvgIpc) is 2.30. The zero-order chi connectivity index (χ0) is 10.1. The van der Waals surface area contributed by atoms with Crippen molar-refractivity contribution in [3.05, 3.63) is 21.3 Å². The Hall–Kier alpha value is -0.550. The second kappa shape index (κ2) is 3.67. The highest BCUT2D eigenvalue weighted by molar-refractivity contribution is 7.12. The summed E-state index contributed by atoms with van der Waals surface area (Å²) >= 11 is 6.40. The number of hydrogen-bond acceptors (Lipinski definition) is 2. The molecule has 0 N–H and O–H groups in total. The van der Waals surface area contributed by atoms with Crippen LogP contribution in [0.2, 0.25) is 5.02 Å². The van der Waals surface area contributed by atoms with Crippen molar-refractivity contribution in [2.24, 2.45) is 0 Å². The van der Waals surface area contributed by atoms with E-state index in [1.165, 1.54) is 11.4 Å². The predicted octanol–water partition coefficient (Wildman–Crippen LogP) is 3.54. The number of ketones is 1. The lowest BCUT2D eigenvalue weighted by Gasteiger charge is -2.03. The summed E-state index contributed by atoms with van der Waals surface area (Å²) in [7, 11) is 0. The summed E-state index contributed by atoms with van der Waals surface area (Å²) in [6.07, 6.45) is -5.92. The normalized spacial score (nSPS) is 11.7. The van der Waals surface area contributed by atoms with Crippen LogP contribution in [0, 0.1) is 0 Å². The van der Waals surface area contributed by atoms with E-state index in [0.29, 0.717) is 0 Å². The molecule has 72 valence electrons. The van der Waals surface area contributed by atoms with Crippen molar-refractivity contribution in [2.75, 3.05) is 0 Å². The number of alkyl halides is 3. The van der Waals surface area contributed by atoms with E-state index < -0.39 is 18.4 Å². The Kier molecular flexibility index (Phi) is 2.98. The fourth-order valence-corrected chi connectivity index (χ4v) is 1.86. The average molecular weight is 229 g/mol. The maximum atomic E-state index is 11.8. The topological polar surface area (TPSA) is 17.1 Å². The van der Waals surface area contributed by atoms with Crippen LogP contribution in [0.15, 0.2) is 11.4 Å². The first-order valence-corrected chi connectivity index (χ1v) is 4.49. The summed E-state index contributed by atoms with van der Waals surface area (Å²) in [5.41, 5.74) is 0. The van der Waals surface area contributed by atoms with Crippen molar-refractivity contribution in [3.63, 3.8) is 0 Å². The van der Waals surface area contributed by atoms with Crippen LogP contribution >= 0.6 is 22.9 Å². The summed E-state index contributed by atoms with van der Waals surface area (Å²) in [5, 5.41) is 1.56. The van der Waals surface area contributed by atoms with Gasteiger partial charge in [-0.2, -0.15) is 13.2 Å². The molecule has 0 fully saturated rings. The molecule has 1 nitrogen and oxygen atoms in total. The number of thiophene rings is 1. The number of carbonyl (C=O) groups is 1. The molecule has 1 aromatic heterocycles. The number of Topliss-reactive ketones (excluding diaryl/α,β-unsaturated/α-hetero) is 1. The van der Waals surface area contributed by atoms with Crippen LogP contribution in [0.1, 0.15) is 16.1 Å². The molecule has 1 aromatic rings. The monoisotopic (exact) mass is 228 g/mol. The zero-order valence-electron chi connectivity index (χ0n) is 6.19. The summed E-state index contributed by atoms with van der Waals surface area (Å²) in [6.45, 7) is 0. The fourth-order valence-electron chi connectivity index (χ4n) is 0.755. The van der Waals surface area contributed by atoms with Crippen molar-refractivity contribution >= 4 is 28.7 Å². The number of halogens is 4. The fraction of sp³-hybridized carbons (Fsp3) is 0.286. The first kappa shape index (κ1) is 10.5. The Morgan fingerprint density at radius 3 is 2.54 bits per heavy atom. The van der Waals surface area contributed by atoms with Crippen LogP contribution in [0.4, 0.5) is 13.2 Å². The van der Waals surface area contributed by atoms with E-state index in [1.807, 2.05) is 0 Å². The van der Waals surface area contributed by atoms with Crippen molar-refractivity contribution in [1.29, 1.82) is 0 Å². The first-order chi connectivity index (χ1) is 5.90. The van der Waals surface area contributed by atoms with Crippen LogP contribution in [-0.2, 0) is 0 Å². The van der Waals surface area contributed by atoms with Gasteiger partial charge in [0.25, 0.3) is 0 Å². The van der Waals surface area contributed by atoms with Crippen LogP contribution in [-0.4, -0.2) is 12.0 Å². The van der Waals surface area contributed by atoms with Gasteiger partial charge in [-0.15, -0.1) is 11.3 Å². The number of rotatable bonds is 2. The van der Waals surface area contributed by atoms with E-state index >= 15 is 0 Å². The van der Waals surface area contributed by atoms with Gasteiger partial charge in [0.1, 0.15) is 6.42 Å². The van der Waals surface area contributed by atoms with Crippen LogP contribution < -0.4 is 0 Å². The third-order valence-corrected chi connectivity index (χ3v) is 2.61. The highest BCUT2D eigenvalue weighted by Crippen LogP contribution is 2.28. The lowest BCUT2D eigenvalue weighted by Crippen LogP contribution is -2.14. The molecule has 0 amide bonds. The largest absolute Gasteiger partial charge is 0.396 e. The molecule has 0 saturated carbocycles. The lowest BCUT2D eigenvalue weighted by atomic mass is 10.2. The second-order valence-corrected chi connectivity index (χ2v) is 3.64. The van der Waals surface area contributed by atoms with E-state index in [9.17, 15) is 18.0 Å². The second-order valence-electron chi connectivity index (χ2n) is 2.31. The van der Waals surface area contributed by atoms with Crippen LogP contribution in [0.5, 0.6) is 0 Å². The maximum absolute atomic E-state index is 11.8. The van der Waals surface area contributed by atoms with Gasteiger partial charge in [0, 0.05) is 0 Å². The molecular weight excluding hydrogens is 225 g/mol. The predicted molar refractivity (Wildman–Crippen MR) is 44.3 cm³/mol. The summed E-state index contributed by atoms with van der Waals surface area (Å²) < 4.78 is 35.3. The molecule has 13 heavy (non-hydrogen) atoms. The van der Waals surface area contributed by atoms with Gasteiger partial charge in [-0.25, -0.2) is 0 Å². The van der Waals surface area contributed by atoms with Gasteiger partial charge in [0.05, 0.1) is 9.90 Å². The Morgan fingerprint density at radius 1 is 1.54 bits per heavy atom. The van der Waals surface area contributed by atoms with E-state index in [2.05, 4.69) is 0 Å². The van der Waals surface area contributed by atoms with Gasteiger partial charge >= 0.3 is 6.18 Å². The SMILES string of the molecule is O=C(CC(F)(F)F)c1sccc1Cl. The number of carbonyl (C=O) groups excluding carboxylic acids is 1. The smallest absolute Gasteiger partial charge is 0.293 e. The molecule has 0 radical (unpaired) electrons. The Balaban J connectivity index is 2.76. The molecule has 0 aliphatic heterocycles. The summed E-state index contributed by atoms with van der Waals surface area (Å²) in [6, 6.07) is 1.40. The van der Waals surface area contributed by atoms with Crippen molar-refractivity contribution < 1.29 is 18.0 Å². The molecule has 1 rings (SSSR count). The van der Waals surface area contributed by atoms with Crippen molar-refractivity contribution in [3.8, 4) is 0 Å². The molecule has 0 atom stereocenters. The van der Waals surface area contributed by atoms with Gasteiger partial charge in [-0.1, -0.05) is 11.6 Å². The molecule has 0 aliphatic rings. The summed E-state index contributed by atoms with van der Waals surface area (Å²) in [4.78, 5) is 10.9. The minimum absolute atomic E-state index is 0.0287. The molecule has 0 unspecified atom stereocenters. The van der Waals surface area contributed by atoms with Crippen LogP contribution in [0.25, 0.3) is 0 Å². The highest BCUT2D eigenvalue weighted by Gasteiger charge is 2.32.